The van der Waals surface area contributed by atoms with Gasteiger partial charge in [-0.2, -0.15) is 0 Å². The smallest absolute Gasteiger partial charge is 0.226 e. The Morgan fingerprint density at radius 2 is 1.89 bits per heavy atom. The van der Waals surface area contributed by atoms with Gasteiger partial charge in [0.2, 0.25) is 12.6 Å². The van der Waals surface area contributed by atoms with Gasteiger partial charge in [-0.25, -0.2) is 0 Å². The summed E-state index contributed by atoms with van der Waals surface area (Å²) in [5.41, 5.74) is 0.609. The van der Waals surface area contributed by atoms with Crippen molar-refractivity contribution in [3.05, 3.63) is 54.5 Å². The molecule has 0 spiro atoms. The van der Waals surface area contributed by atoms with Gasteiger partial charge in [0.1, 0.15) is 5.92 Å². The summed E-state index contributed by atoms with van der Waals surface area (Å²) >= 11 is 3.29. The third kappa shape index (κ3) is 3.49. The van der Waals surface area contributed by atoms with E-state index in [0.717, 1.165) is 0 Å². The van der Waals surface area contributed by atoms with E-state index in [9.17, 15) is 20.2 Å². The Hall–Kier alpha value is -1.50. The van der Waals surface area contributed by atoms with Gasteiger partial charge in [-0.05, 0) is 11.6 Å². The molecule has 7 heteroatoms. The van der Waals surface area contributed by atoms with E-state index in [1.165, 1.54) is 0 Å². The number of nitrogens with zero attached hydrogens (tertiary/aromatic N) is 2. The summed E-state index contributed by atoms with van der Waals surface area (Å²) in [6.45, 7) is 1.22. The van der Waals surface area contributed by atoms with Crippen molar-refractivity contribution in [2.24, 2.45) is 0 Å². The van der Waals surface area contributed by atoms with E-state index in [1.54, 1.807) is 31.2 Å². The average Bonchev–Trinajstić information content (AvgIpc) is 2.28. The minimum Gasteiger partial charge on any atom is -0.265 e. The zero-order valence-corrected chi connectivity index (χ0v) is 11.4. The zero-order valence-electron chi connectivity index (χ0n) is 9.78. The van der Waals surface area contributed by atoms with Crippen LogP contribution >= 0.6 is 15.9 Å². The van der Waals surface area contributed by atoms with Crippen LogP contribution in [0.3, 0.4) is 0 Å². The lowest BCUT2D eigenvalue weighted by atomic mass is 9.90. The number of rotatable bonds is 6. The Morgan fingerprint density at radius 1 is 1.28 bits per heavy atom. The van der Waals surface area contributed by atoms with Gasteiger partial charge < -0.3 is 0 Å². The van der Waals surface area contributed by atoms with E-state index < -0.39 is 28.4 Å². The molecule has 0 unspecified atom stereocenters. The van der Waals surface area contributed by atoms with Crippen molar-refractivity contribution in [1.29, 1.82) is 0 Å². The third-order valence-electron chi connectivity index (χ3n) is 2.80. The Labute approximate surface area is 112 Å². The second-order valence-corrected chi connectivity index (χ2v) is 4.76. The second kappa shape index (κ2) is 6.44. The fraction of sp³-hybridized carbons (Fsp3) is 0.455. The van der Waals surface area contributed by atoms with Crippen molar-refractivity contribution in [1.82, 2.24) is 0 Å². The van der Waals surface area contributed by atoms with Crippen LogP contribution in [0.2, 0.25) is 0 Å². The van der Waals surface area contributed by atoms with E-state index in [1.807, 2.05) is 0 Å². The molecule has 0 heterocycles. The first-order chi connectivity index (χ1) is 8.47. The summed E-state index contributed by atoms with van der Waals surface area (Å²) in [5.74, 6) is -0.726. The monoisotopic (exact) mass is 316 g/mol. The zero-order chi connectivity index (χ0) is 13.7. The molecule has 0 aromatic heterocycles. The lowest BCUT2D eigenvalue weighted by Crippen LogP contribution is -2.31. The van der Waals surface area contributed by atoms with Gasteiger partial charge in [0.15, 0.2) is 0 Å². The molecule has 2 atom stereocenters. The Balaban J connectivity index is 3.16. The average molecular weight is 317 g/mol. The SMILES string of the molecule is CC[C@H]([C@@H](C[N+](=O)[O-])c1ccccc1Br)[N+](=O)[O-]. The molecule has 1 rings (SSSR count). The van der Waals surface area contributed by atoms with Crippen molar-refractivity contribution >= 4 is 15.9 Å². The highest BCUT2D eigenvalue weighted by atomic mass is 79.9. The van der Waals surface area contributed by atoms with E-state index >= 15 is 0 Å². The van der Waals surface area contributed by atoms with Crippen LogP contribution in [-0.4, -0.2) is 22.4 Å². The molecule has 0 aliphatic rings. The van der Waals surface area contributed by atoms with Gasteiger partial charge in [0.05, 0.1) is 0 Å². The molecule has 0 saturated heterocycles. The predicted molar refractivity (Wildman–Crippen MR) is 69.8 cm³/mol. The summed E-state index contributed by atoms with van der Waals surface area (Å²) < 4.78 is 0.664. The van der Waals surface area contributed by atoms with Crippen molar-refractivity contribution in [2.75, 3.05) is 6.54 Å². The molecule has 1 aromatic rings. The number of benzene rings is 1. The summed E-state index contributed by atoms with van der Waals surface area (Å²) in [5, 5.41) is 21.7. The number of hydrogen-bond donors (Lipinski definition) is 0. The quantitative estimate of drug-likeness (QED) is 0.596. The molecule has 0 aliphatic heterocycles. The van der Waals surface area contributed by atoms with Crippen LogP contribution in [0, 0.1) is 20.2 Å². The van der Waals surface area contributed by atoms with Crippen molar-refractivity contribution in [2.45, 2.75) is 25.3 Å². The van der Waals surface area contributed by atoms with Gasteiger partial charge in [-0.3, -0.25) is 20.2 Å². The highest BCUT2D eigenvalue weighted by Gasteiger charge is 2.36. The van der Waals surface area contributed by atoms with Crippen LogP contribution in [0.25, 0.3) is 0 Å². The summed E-state index contributed by atoms with van der Waals surface area (Å²) in [6.07, 6.45) is 0.257. The Bertz CT molecular complexity index is 452. The fourth-order valence-electron chi connectivity index (χ4n) is 1.94. The maximum Gasteiger partial charge on any atom is 0.226 e. The largest absolute Gasteiger partial charge is 0.265 e. The minimum atomic E-state index is -0.950. The third-order valence-corrected chi connectivity index (χ3v) is 3.53. The van der Waals surface area contributed by atoms with Gasteiger partial charge in [-0.1, -0.05) is 41.1 Å². The molecule has 98 valence electrons. The topological polar surface area (TPSA) is 86.3 Å². The number of halogens is 1. The lowest BCUT2D eigenvalue weighted by molar-refractivity contribution is -0.547. The summed E-state index contributed by atoms with van der Waals surface area (Å²) in [4.78, 5) is 20.8. The van der Waals surface area contributed by atoms with Crippen molar-refractivity contribution in [3.8, 4) is 0 Å². The molecular formula is C11H13BrN2O4. The van der Waals surface area contributed by atoms with Crippen LogP contribution in [0.15, 0.2) is 28.7 Å². The second-order valence-electron chi connectivity index (χ2n) is 3.90. The minimum absolute atomic E-state index is 0.257. The fourth-order valence-corrected chi connectivity index (χ4v) is 2.52. The molecule has 1 aromatic carbocycles. The molecule has 0 N–H and O–H groups in total. The van der Waals surface area contributed by atoms with E-state index in [2.05, 4.69) is 15.9 Å². The van der Waals surface area contributed by atoms with Gasteiger partial charge in [0, 0.05) is 20.7 Å². The van der Waals surface area contributed by atoms with Crippen molar-refractivity contribution in [3.63, 3.8) is 0 Å². The van der Waals surface area contributed by atoms with Crippen LogP contribution in [0.4, 0.5) is 0 Å². The first kappa shape index (κ1) is 14.6. The lowest BCUT2D eigenvalue weighted by Gasteiger charge is -2.18. The van der Waals surface area contributed by atoms with Crippen molar-refractivity contribution < 1.29 is 9.85 Å². The first-order valence-corrected chi connectivity index (χ1v) is 6.26. The highest BCUT2D eigenvalue weighted by molar-refractivity contribution is 9.10. The van der Waals surface area contributed by atoms with Gasteiger partial charge in [0.25, 0.3) is 0 Å². The molecule has 0 radical (unpaired) electrons. The van der Waals surface area contributed by atoms with Crippen LogP contribution in [-0.2, 0) is 0 Å². The number of hydrogen-bond acceptors (Lipinski definition) is 4. The van der Waals surface area contributed by atoms with Crippen LogP contribution in [0.5, 0.6) is 0 Å². The van der Waals surface area contributed by atoms with E-state index in [0.29, 0.717) is 10.0 Å². The Kier molecular flexibility index (Phi) is 5.21. The molecule has 6 nitrogen and oxygen atoms in total. The maximum absolute atomic E-state index is 11.0. The van der Waals surface area contributed by atoms with Crippen LogP contribution < -0.4 is 0 Å². The summed E-state index contributed by atoms with van der Waals surface area (Å²) in [6, 6.07) is 5.96. The summed E-state index contributed by atoms with van der Waals surface area (Å²) in [7, 11) is 0. The number of nitro groups is 2. The van der Waals surface area contributed by atoms with Gasteiger partial charge in [-0.15, -0.1) is 0 Å². The predicted octanol–water partition coefficient (Wildman–Crippen LogP) is 2.86. The maximum atomic E-state index is 11.0. The van der Waals surface area contributed by atoms with E-state index in [-0.39, 0.29) is 6.42 Å². The Morgan fingerprint density at radius 3 is 2.33 bits per heavy atom. The standard InChI is InChI=1S/C11H13BrN2O4/c1-2-11(14(17)18)9(7-13(15)16)8-5-3-4-6-10(8)12/h3-6,9,11H,2,7H2,1H3/t9-,11+/m0/s1. The molecule has 0 aliphatic carbocycles. The molecule has 18 heavy (non-hydrogen) atoms. The van der Waals surface area contributed by atoms with Gasteiger partial charge >= 0.3 is 0 Å². The van der Waals surface area contributed by atoms with Crippen LogP contribution in [0.1, 0.15) is 24.8 Å². The highest BCUT2D eigenvalue weighted by Crippen LogP contribution is 2.30. The first-order valence-electron chi connectivity index (χ1n) is 5.47. The normalized spacial score (nSPS) is 13.9. The molecule has 0 saturated carbocycles. The molecule has 0 amide bonds. The van der Waals surface area contributed by atoms with E-state index in [4.69, 9.17) is 0 Å². The molecule has 0 fully saturated rings. The molecule has 0 bridgehead atoms. The molecular weight excluding hydrogens is 304 g/mol.